The van der Waals surface area contributed by atoms with Crippen LogP contribution in [0.4, 0.5) is 5.82 Å². The molecule has 0 saturated carbocycles. The summed E-state index contributed by atoms with van der Waals surface area (Å²) in [5.74, 6) is 3.22. The normalized spacial score (nSPS) is 14.2. The van der Waals surface area contributed by atoms with E-state index in [0.717, 1.165) is 11.1 Å². The van der Waals surface area contributed by atoms with Gasteiger partial charge in [0.15, 0.2) is 23.0 Å². The molecule has 0 saturated heterocycles. The third kappa shape index (κ3) is 4.45. The highest BCUT2D eigenvalue weighted by molar-refractivity contribution is 5.98. The molecule has 6 rings (SSSR count). The Bertz CT molecular complexity index is 1370. The zero-order valence-electron chi connectivity index (χ0n) is 19.7. The lowest BCUT2D eigenvalue weighted by Crippen LogP contribution is -2.33. The van der Waals surface area contributed by atoms with Crippen LogP contribution >= 0.6 is 0 Å². The average molecular weight is 483 g/mol. The van der Waals surface area contributed by atoms with E-state index in [1.54, 1.807) is 0 Å². The van der Waals surface area contributed by atoms with Gasteiger partial charge in [0, 0.05) is 32.2 Å². The van der Waals surface area contributed by atoms with E-state index in [0.29, 0.717) is 60.8 Å². The highest BCUT2D eigenvalue weighted by atomic mass is 16.7. The minimum atomic E-state index is -0.0448. The van der Waals surface area contributed by atoms with E-state index in [2.05, 4.69) is 5.32 Å². The van der Waals surface area contributed by atoms with Crippen LogP contribution in [-0.2, 0) is 19.7 Å². The maximum absolute atomic E-state index is 13.8. The Labute approximate surface area is 209 Å². The van der Waals surface area contributed by atoms with Crippen LogP contribution in [0.2, 0.25) is 0 Å². The average Bonchev–Trinajstić information content (AvgIpc) is 3.48. The molecule has 1 amide bonds. The quantitative estimate of drug-likeness (QED) is 0.423. The second-order valence-corrected chi connectivity index (χ2v) is 8.74. The van der Waals surface area contributed by atoms with Crippen LogP contribution in [-0.4, -0.2) is 40.2 Å². The van der Waals surface area contributed by atoms with E-state index in [9.17, 15) is 4.79 Å². The molecule has 8 heteroatoms. The van der Waals surface area contributed by atoms with E-state index < -0.39 is 0 Å². The number of amides is 1. The number of nitrogens with zero attached hydrogens (tertiary/aromatic N) is 3. The first kappa shape index (κ1) is 22.0. The molecule has 0 aliphatic carbocycles. The lowest BCUT2D eigenvalue weighted by Gasteiger charge is -2.22. The summed E-state index contributed by atoms with van der Waals surface area (Å²) < 4.78 is 18.9. The monoisotopic (exact) mass is 482 g/mol. The summed E-state index contributed by atoms with van der Waals surface area (Å²) >= 11 is 0. The minimum absolute atomic E-state index is 0.0448. The molecule has 3 aromatic carbocycles. The zero-order chi connectivity index (χ0) is 24.3. The summed E-state index contributed by atoms with van der Waals surface area (Å²) in [5, 5.41) is 3.36. The first-order chi connectivity index (χ1) is 17.7. The number of anilines is 1. The van der Waals surface area contributed by atoms with E-state index in [1.165, 1.54) is 0 Å². The number of carbonyl (C=O) groups is 1. The summed E-state index contributed by atoms with van der Waals surface area (Å²) in [6, 6.07) is 25.6. The van der Waals surface area contributed by atoms with E-state index in [-0.39, 0.29) is 19.3 Å². The predicted molar refractivity (Wildman–Crippen MR) is 134 cm³/mol. The summed E-state index contributed by atoms with van der Waals surface area (Å²) in [5.41, 5.74) is 2.72. The Morgan fingerprint density at radius 1 is 0.889 bits per heavy atom. The van der Waals surface area contributed by atoms with Crippen molar-refractivity contribution in [3.8, 4) is 17.2 Å². The standard InChI is InChI=1S/C28H26N4O4/c33-28-26-27(29-13-14-31(28)16-20-7-3-1-4-8-20)30-25(32(26)17-21-9-5-2-6-10-21)18-34-22-11-12-23-24(15-22)36-19-35-23/h1-12,15,29H,13-14,16-19H2. The summed E-state index contributed by atoms with van der Waals surface area (Å²) in [6.07, 6.45) is 0. The fourth-order valence-electron chi connectivity index (χ4n) is 4.52. The third-order valence-corrected chi connectivity index (χ3v) is 6.32. The Morgan fingerprint density at radius 2 is 1.61 bits per heavy atom. The molecule has 1 aromatic heterocycles. The van der Waals surface area contributed by atoms with Crippen LogP contribution in [0.25, 0.3) is 0 Å². The molecule has 2 aliphatic heterocycles. The van der Waals surface area contributed by atoms with E-state index >= 15 is 0 Å². The molecule has 8 nitrogen and oxygen atoms in total. The SMILES string of the molecule is O=C1c2c(nc(COc3ccc4c(c3)OCO4)n2Cc2ccccc2)NCCN1Cc1ccccc1. The van der Waals surface area contributed by atoms with Crippen LogP contribution in [0.15, 0.2) is 78.9 Å². The van der Waals surface area contributed by atoms with Gasteiger partial charge in [-0.15, -0.1) is 0 Å². The smallest absolute Gasteiger partial charge is 0.274 e. The number of aromatic nitrogens is 2. The zero-order valence-corrected chi connectivity index (χ0v) is 19.7. The van der Waals surface area contributed by atoms with Crippen molar-refractivity contribution < 1.29 is 19.0 Å². The van der Waals surface area contributed by atoms with Gasteiger partial charge < -0.3 is 29.0 Å². The van der Waals surface area contributed by atoms with E-state index in [4.69, 9.17) is 19.2 Å². The van der Waals surface area contributed by atoms with Crippen molar-refractivity contribution in [3.63, 3.8) is 0 Å². The molecule has 0 atom stereocenters. The van der Waals surface area contributed by atoms with E-state index in [1.807, 2.05) is 88.3 Å². The van der Waals surface area contributed by atoms with Crippen molar-refractivity contribution in [2.45, 2.75) is 19.7 Å². The number of imidazole rings is 1. The van der Waals surface area contributed by atoms with Crippen molar-refractivity contribution >= 4 is 11.7 Å². The number of carbonyl (C=O) groups excluding carboxylic acids is 1. The van der Waals surface area contributed by atoms with Crippen LogP contribution in [0.3, 0.4) is 0 Å². The van der Waals surface area contributed by atoms with Gasteiger partial charge in [-0.1, -0.05) is 60.7 Å². The number of fused-ring (bicyclic) bond motifs is 2. The van der Waals surface area contributed by atoms with Gasteiger partial charge in [0.2, 0.25) is 6.79 Å². The molecule has 0 bridgehead atoms. The van der Waals surface area contributed by atoms with Crippen LogP contribution in [0.5, 0.6) is 17.2 Å². The highest BCUT2D eigenvalue weighted by Crippen LogP contribution is 2.35. The molecule has 2 aliphatic rings. The number of nitrogens with one attached hydrogen (secondary N) is 1. The molecule has 3 heterocycles. The second kappa shape index (κ2) is 9.65. The largest absolute Gasteiger partial charge is 0.486 e. The molecular weight excluding hydrogens is 456 g/mol. The van der Waals surface area contributed by atoms with Crippen molar-refractivity contribution in [3.05, 3.63) is 102 Å². The second-order valence-electron chi connectivity index (χ2n) is 8.74. The summed E-state index contributed by atoms with van der Waals surface area (Å²) in [6.45, 7) is 2.68. The molecule has 0 unspecified atom stereocenters. The van der Waals surface area contributed by atoms with Crippen molar-refractivity contribution in [2.75, 3.05) is 25.2 Å². The first-order valence-electron chi connectivity index (χ1n) is 12.0. The van der Waals surface area contributed by atoms with Crippen LogP contribution in [0.1, 0.15) is 27.4 Å². The lowest BCUT2D eigenvalue weighted by atomic mass is 10.2. The Balaban J connectivity index is 1.32. The fourth-order valence-corrected chi connectivity index (χ4v) is 4.52. The molecule has 1 N–H and O–H groups in total. The third-order valence-electron chi connectivity index (χ3n) is 6.32. The van der Waals surface area contributed by atoms with Gasteiger partial charge in [-0.2, -0.15) is 0 Å². The van der Waals surface area contributed by atoms with Gasteiger partial charge in [-0.25, -0.2) is 4.98 Å². The topological polar surface area (TPSA) is 77.8 Å². The Morgan fingerprint density at radius 3 is 2.39 bits per heavy atom. The summed E-state index contributed by atoms with van der Waals surface area (Å²) in [4.78, 5) is 20.5. The van der Waals surface area contributed by atoms with Crippen LogP contribution in [0, 0.1) is 0 Å². The Hall–Kier alpha value is -4.46. The molecule has 4 aromatic rings. The molecule has 0 spiro atoms. The number of ether oxygens (including phenoxy) is 3. The minimum Gasteiger partial charge on any atom is -0.486 e. The Kier molecular flexibility index (Phi) is 5.91. The van der Waals surface area contributed by atoms with Crippen LogP contribution < -0.4 is 19.5 Å². The molecule has 182 valence electrons. The van der Waals surface area contributed by atoms with Gasteiger partial charge >= 0.3 is 0 Å². The van der Waals surface area contributed by atoms with Crippen molar-refractivity contribution in [1.29, 1.82) is 0 Å². The highest BCUT2D eigenvalue weighted by Gasteiger charge is 2.30. The van der Waals surface area contributed by atoms with Gasteiger partial charge in [0.1, 0.15) is 18.2 Å². The maximum atomic E-state index is 13.8. The maximum Gasteiger partial charge on any atom is 0.274 e. The number of rotatable bonds is 7. The summed E-state index contributed by atoms with van der Waals surface area (Å²) in [7, 11) is 0. The van der Waals surface area contributed by atoms with Gasteiger partial charge in [0.05, 0.1) is 0 Å². The molecule has 0 radical (unpaired) electrons. The molecule has 0 fully saturated rings. The molecular formula is C28H26N4O4. The van der Waals surface area contributed by atoms with Gasteiger partial charge in [-0.05, 0) is 23.3 Å². The van der Waals surface area contributed by atoms with Crippen molar-refractivity contribution in [1.82, 2.24) is 14.5 Å². The lowest BCUT2D eigenvalue weighted by molar-refractivity contribution is 0.0744. The fraction of sp³-hybridized carbons (Fsp3) is 0.214. The number of hydrogen-bond acceptors (Lipinski definition) is 6. The first-order valence-corrected chi connectivity index (χ1v) is 12.0. The molecule has 36 heavy (non-hydrogen) atoms. The van der Waals surface area contributed by atoms with Gasteiger partial charge in [0.25, 0.3) is 5.91 Å². The van der Waals surface area contributed by atoms with Crippen molar-refractivity contribution in [2.24, 2.45) is 0 Å². The van der Waals surface area contributed by atoms with Gasteiger partial charge in [-0.3, -0.25) is 4.79 Å². The number of benzene rings is 3. The number of hydrogen-bond donors (Lipinski definition) is 1. The predicted octanol–water partition coefficient (Wildman–Crippen LogP) is 4.31.